The molecule has 3 heteroatoms. The van der Waals surface area contributed by atoms with Crippen molar-refractivity contribution in [2.75, 3.05) is 39.8 Å². The summed E-state index contributed by atoms with van der Waals surface area (Å²) in [5.41, 5.74) is 0.223. The van der Waals surface area contributed by atoms with Gasteiger partial charge in [-0.1, -0.05) is 0 Å². The summed E-state index contributed by atoms with van der Waals surface area (Å²) >= 11 is 0. The fourth-order valence-electron chi connectivity index (χ4n) is 3.60. The van der Waals surface area contributed by atoms with Crippen molar-refractivity contribution in [2.24, 2.45) is 0 Å². The van der Waals surface area contributed by atoms with E-state index in [0.717, 1.165) is 6.04 Å². The van der Waals surface area contributed by atoms with Crippen molar-refractivity contribution in [3.05, 3.63) is 0 Å². The number of hydrogen-bond donors (Lipinski definition) is 0. The second kappa shape index (κ2) is 4.28. The fourth-order valence-corrected chi connectivity index (χ4v) is 3.60. The number of methoxy groups -OCH3 is 1. The summed E-state index contributed by atoms with van der Waals surface area (Å²) in [5, 5.41) is 0. The van der Waals surface area contributed by atoms with Gasteiger partial charge >= 0.3 is 0 Å². The van der Waals surface area contributed by atoms with Crippen molar-refractivity contribution in [3.8, 4) is 0 Å². The van der Waals surface area contributed by atoms with Crippen LogP contribution < -0.4 is 0 Å². The van der Waals surface area contributed by atoms with Gasteiger partial charge in [-0.05, 0) is 38.6 Å². The van der Waals surface area contributed by atoms with Crippen molar-refractivity contribution in [1.29, 1.82) is 0 Å². The molecular formula is C13H24N2O. The van der Waals surface area contributed by atoms with E-state index in [2.05, 4.69) is 9.80 Å². The first-order chi connectivity index (χ1) is 7.81. The van der Waals surface area contributed by atoms with Gasteiger partial charge in [0.15, 0.2) is 0 Å². The van der Waals surface area contributed by atoms with Gasteiger partial charge in [-0.25, -0.2) is 0 Å². The molecule has 0 amide bonds. The van der Waals surface area contributed by atoms with E-state index in [1.165, 1.54) is 64.8 Å². The van der Waals surface area contributed by atoms with E-state index in [1.807, 2.05) is 7.11 Å². The van der Waals surface area contributed by atoms with E-state index < -0.39 is 0 Å². The van der Waals surface area contributed by atoms with Crippen molar-refractivity contribution < 1.29 is 4.74 Å². The summed E-state index contributed by atoms with van der Waals surface area (Å²) < 4.78 is 5.73. The maximum Gasteiger partial charge on any atom is 0.0805 e. The Morgan fingerprint density at radius 2 is 2.06 bits per heavy atom. The molecule has 16 heavy (non-hydrogen) atoms. The van der Waals surface area contributed by atoms with Crippen molar-refractivity contribution in [3.63, 3.8) is 0 Å². The predicted octanol–water partition coefficient (Wildman–Crippen LogP) is 1.34. The number of hydrogen-bond acceptors (Lipinski definition) is 3. The van der Waals surface area contributed by atoms with Gasteiger partial charge < -0.3 is 4.74 Å². The lowest BCUT2D eigenvalue weighted by Gasteiger charge is -2.46. The number of fused-ring (bicyclic) bond motifs is 1. The summed E-state index contributed by atoms with van der Waals surface area (Å²) in [4.78, 5) is 5.33. The lowest BCUT2D eigenvalue weighted by molar-refractivity contribution is -0.0982. The summed E-state index contributed by atoms with van der Waals surface area (Å²) in [6.07, 6.45) is 6.73. The Morgan fingerprint density at radius 1 is 1.19 bits per heavy atom. The zero-order chi connectivity index (χ0) is 11.0. The normalized spacial score (nSPS) is 34.7. The van der Waals surface area contributed by atoms with Gasteiger partial charge in [0.25, 0.3) is 0 Å². The van der Waals surface area contributed by atoms with Gasteiger partial charge in [0, 0.05) is 39.3 Å². The topological polar surface area (TPSA) is 15.7 Å². The highest BCUT2D eigenvalue weighted by molar-refractivity contribution is 4.95. The molecule has 0 aromatic rings. The Labute approximate surface area is 98.7 Å². The molecule has 2 aliphatic heterocycles. The molecule has 0 aromatic carbocycles. The predicted molar refractivity (Wildman–Crippen MR) is 64.6 cm³/mol. The molecule has 1 saturated carbocycles. The number of ether oxygens (including phenoxy) is 1. The Kier molecular flexibility index (Phi) is 2.94. The molecule has 1 atom stereocenters. The van der Waals surface area contributed by atoms with Crippen LogP contribution in [0.2, 0.25) is 0 Å². The van der Waals surface area contributed by atoms with Gasteiger partial charge in [0.1, 0.15) is 0 Å². The van der Waals surface area contributed by atoms with E-state index in [1.54, 1.807) is 0 Å². The molecule has 0 N–H and O–H groups in total. The molecule has 0 radical (unpaired) electrons. The molecule has 3 aliphatic rings. The van der Waals surface area contributed by atoms with Crippen LogP contribution in [-0.4, -0.2) is 61.3 Å². The molecule has 0 bridgehead atoms. The first-order valence-corrected chi connectivity index (χ1v) is 6.83. The highest BCUT2D eigenvalue weighted by Crippen LogP contribution is 2.36. The van der Waals surface area contributed by atoms with Crippen LogP contribution in [0.15, 0.2) is 0 Å². The number of piperazine rings is 1. The van der Waals surface area contributed by atoms with Crippen LogP contribution in [0.25, 0.3) is 0 Å². The van der Waals surface area contributed by atoms with E-state index in [0.29, 0.717) is 0 Å². The van der Waals surface area contributed by atoms with E-state index in [-0.39, 0.29) is 5.60 Å². The maximum absolute atomic E-state index is 5.73. The van der Waals surface area contributed by atoms with Crippen LogP contribution in [0, 0.1) is 0 Å². The molecule has 2 saturated heterocycles. The Hall–Kier alpha value is -0.120. The van der Waals surface area contributed by atoms with Crippen LogP contribution in [0.1, 0.15) is 32.1 Å². The molecule has 1 unspecified atom stereocenters. The summed E-state index contributed by atoms with van der Waals surface area (Å²) in [6, 6.07) is 0.850. The standard InChI is InChI=1S/C13H24N2O/c1-16-13(5-3-6-13)11-14-8-9-15-7-2-4-12(15)10-14/h12H,2-11H2,1H3. The molecule has 3 nitrogen and oxygen atoms in total. The molecule has 0 spiro atoms. The quantitative estimate of drug-likeness (QED) is 0.719. The molecule has 1 aliphatic carbocycles. The van der Waals surface area contributed by atoms with Crippen molar-refractivity contribution in [2.45, 2.75) is 43.7 Å². The second-order valence-corrected chi connectivity index (χ2v) is 5.81. The minimum atomic E-state index is 0.223. The minimum absolute atomic E-state index is 0.223. The van der Waals surface area contributed by atoms with Gasteiger partial charge in [-0.15, -0.1) is 0 Å². The highest BCUT2D eigenvalue weighted by atomic mass is 16.5. The monoisotopic (exact) mass is 224 g/mol. The third-order valence-electron chi connectivity index (χ3n) is 4.88. The molecule has 3 rings (SSSR count). The zero-order valence-corrected chi connectivity index (χ0v) is 10.5. The summed E-state index contributed by atoms with van der Waals surface area (Å²) in [6.45, 7) is 6.33. The maximum atomic E-state index is 5.73. The van der Waals surface area contributed by atoms with E-state index in [4.69, 9.17) is 4.74 Å². The molecule has 3 fully saturated rings. The number of nitrogens with zero attached hydrogens (tertiary/aromatic N) is 2. The SMILES string of the molecule is COC1(CN2CCN3CCCC3C2)CCC1. The molecule has 2 heterocycles. The first kappa shape index (κ1) is 11.0. The summed E-state index contributed by atoms with van der Waals surface area (Å²) in [5.74, 6) is 0. The first-order valence-electron chi connectivity index (χ1n) is 6.83. The van der Waals surface area contributed by atoms with Gasteiger partial charge in [-0.3, -0.25) is 9.80 Å². The van der Waals surface area contributed by atoms with Gasteiger partial charge in [0.2, 0.25) is 0 Å². The number of rotatable bonds is 3. The van der Waals surface area contributed by atoms with Crippen LogP contribution in [-0.2, 0) is 4.74 Å². The second-order valence-electron chi connectivity index (χ2n) is 5.81. The van der Waals surface area contributed by atoms with Gasteiger partial charge in [-0.2, -0.15) is 0 Å². The van der Waals surface area contributed by atoms with Crippen molar-refractivity contribution in [1.82, 2.24) is 9.80 Å². The highest BCUT2D eigenvalue weighted by Gasteiger charge is 2.40. The lowest BCUT2D eigenvalue weighted by Crippen LogP contribution is -2.56. The van der Waals surface area contributed by atoms with E-state index in [9.17, 15) is 0 Å². The molecule has 92 valence electrons. The molecular weight excluding hydrogens is 200 g/mol. The third-order valence-corrected chi connectivity index (χ3v) is 4.88. The Bertz CT molecular complexity index is 247. The average Bonchev–Trinajstić information content (AvgIpc) is 2.70. The van der Waals surface area contributed by atoms with Gasteiger partial charge in [0.05, 0.1) is 5.60 Å². The lowest BCUT2D eigenvalue weighted by atomic mass is 9.79. The van der Waals surface area contributed by atoms with Crippen LogP contribution >= 0.6 is 0 Å². The smallest absolute Gasteiger partial charge is 0.0805 e. The zero-order valence-electron chi connectivity index (χ0n) is 10.5. The van der Waals surface area contributed by atoms with Crippen LogP contribution in [0.3, 0.4) is 0 Å². The van der Waals surface area contributed by atoms with Crippen LogP contribution in [0.5, 0.6) is 0 Å². The fraction of sp³-hybridized carbons (Fsp3) is 1.00. The minimum Gasteiger partial charge on any atom is -0.377 e. The van der Waals surface area contributed by atoms with Crippen LogP contribution in [0.4, 0.5) is 0 Å². The Balaban J connectivity index is 1.56. The molecule has 0 aromatic heterocycles. The van der Waals surface area contributed by atoms with E-state index >= 15 is 0 Å². The Morgan fingerprint density at radius 3 is 2.75 bits per heavy atom. The average molecular weight is 224 g/mol. The summed E-state index contributed by atoms with van der Waals surface area (Å²) in [7, 11) is 1.89. The third kappa shape index (κ3) is 1.89. The van der Waals surface area contributed by atoms with Crippen molar-refractivity contribution >= 4 is 0 Å². The largest absolute Gasteiger partial charge is 0.377 e.